The van der Waals surface area contributed by atoms with Gasteiger partial charge >= 0.3 is 0 Å². The van der Waals surface area contributed by atoms with Crippen LogP contribution in [0.5, 0.6) is 0 Å². The van der Waals surface area contributed by atoms with Crippen LogP contribution in [0.1, 0.15) is 24.4 Å². The fraction of sp³-hybridized carbons (Fsp3) is 0.588. The summed E-state index contributed by atoms with van der Waals surface area (Å²) in [6.07, 6.45) is 2.52. The van der Waals surface area contributed by atoms with Crippen LogP contribution in [0, 0.1) is 0 Å². The highest BCUT2D eigenvalue weighted by atomic mass is 127. The Bertz CT molecular complexity index is 509. The van der Waals surface area contributed by atoms with Crippen LogP contribution in [0.4, 0.5) is 0 Å². The van der Waals surface area contributed by atoms with Crippen LogP contribution >= 0.6 is 35.6 Å². The van der Waals surface area contributed by atoms with Crippen molar-refractivity contribution < 1.29 is 4.74 Å². The first-order chi connectivity index (χ1) is 11.2. The van der Waals surface area contributed by atoms with E-state index >= 15 is 0 Å². The van der Waals surface area contributed by atoms with Gasteiger partial charge in [-0.1, -0.05) is 23.7 Å². The van der Waals surface area contributed by atoms with Crippen LogP contribution in [-0.2, 0) is 4.74 Å². The number of ether oxygens (including phenoxy) is 1. The van der Waals surface area contributed by atoms with Crippen LogP contribution in [0.25, 0.3) is 0 Å². The lowest BCUT2D eigenvalue weighted by molar-refractivity contribution is 0.203. The molecular formula is C17H28ClIN4O. The predicted molar refractivity (Wildman–Crippen MR) is 112 cm³/mol. The summed E-state index contributed by atoms with van der Waals surface area (Å²) >= 11 is 6.18. The number of guanidine groups is 1. The molecule has 0 saturated carbocycles. The lowest BCUT2D eigenvalue weighted by atomic mass is 10.1. The molecule has 0 bridgehead atoms. The van der Waals surface area contributed by atoms with Gasteiger partial charge in [-0.3, -0.25) is 9.89 Å². The molecule has 1 aromatic rings. The molecule has 2 N–H and O–H groups in total. The number of nitrogens with zero attached hydrogens (tertiary/aromatic N) is 2. The first-order valence-corrected chi connectivity index (χ1v) is 8.55. The van der Waals surface area contributed by atoms with Crippen molar-refractivity contribution in [2.75, 3.05) is 46.9 Å². The van der Waals surface area contributed by atoms with Crippen molar-refractivity contribution in [3.63, 3.8) is 0 Å². The molecule has 1 unspecified atom stereocenters. The predicted octanol–water partition coefficient (Wildman–Crippen LogP) is 2.91. The van der Waals surface area contributed by atoms with Crippen LogP contribution in [0.15, 0.2) is 29.3 Å². The Kier molecular flexibility index (Phi) is 10.6. The highest BCUT2D eigenvalue weighted by Crippen LogP contribution is 2.26. The van der Waals surface area contributed by atoms with Crippen molar-refractivity contribution in [1.29, 1.82) is 0 Å². The smallest absolute Gasteiger partial charge is 0.191 e. The van der Waals surface area contributed by atoms with Crippen molar-refractivity contribution in [2.45, 2.75) is 18.9 Å². The first kappa shape index (κ1) is 21.5. The summed E-state index contributed by atoms with van der Waals surface area (Å²) < 4.78 is 5.06. The Morgan fingerprint density at radius 3 is 2.71 bits per heavy atom. The summed E-state index contributed by atoms with van der Waals surface area (Å²) in [7, 11) is 3.48. The first-order valence-electron chi connectivity index (χ1n) is 8.17. The minimum atomic E-state index is 0. The summed E-state index contributed by atoms with van der Waals surface area (Å²) in [6.45, 7) is 4.46. The zero-order valence-electron chi connectivity index (χ0n) is 14.4. The minimum Gasteiger partial charge on any atom is -0.383 e. The summed E-state index contributed by atoms with van der Waals surface area (Å²) in [5.41, 5.74) is 1.25. The van der Waals surface area contributed by atoms with E-state index in [9.17, 15) is 0 Å². The van der Waals surface area contributed by atoms with Gasteiger partial charge in [0.1, 0.15) is 0 Å². The number of aliphatic imine (C=N–C) groups is 1. The molecular weight excluding hydrogens is 439 g/mol. The van der Waals surface area contributed by atoms with Crippen molar-refractivity contribution in [2.24, 2.45) is 4.99 Å². The maximum absolute atomic E-state index is 6.18. The van der Waals surface area contributed by atoms with Gasteiger partial charge in [-0.25, -0.2) is 0 Å². The standard InChI is InChI=1S/C17H27ClN4O.HI/c1-19-17(20-8-11-23-2)21-13-16(22-9-3-4-10-22)14-6-5-7-15(18)12-14;/h5-7,12,16H,3-4,8-11,13H2,1-2H3,(H2,19,20,21);1H. The van der Waals surface area contributed by atoms with Crippen LogP contribution in [-0.4, -0.2) is 57.8 Å². The van der Waals surface area contributed by atoms with E-state index in [1.54, 1.807) is 14.2 Å². The molecule has 24 heavy (non-hydrogen) atoms. The number of rotatable bonds is 7. The van der Waals surface area contributed by atoms with Crippen molar-refractivity contribution >= 4 is 41.5 Å². The fourth-order valence-electron chi connectivity index (χ4n) is 2.91. The summed E-state index contributed by atoms with van der Waals surface area (Å²) in [5, 5.41) is 7.46. The van der Waals surface area contributed by atoms with E-state index < -0.39 is 0 Å². The molecule has 1 aliphatic heterocycles. The molecule has 5 nitrogen and oxygen atoms in total. The van der Waals surface area contributed by atoms with Crippen LogP contribution < -0.4 is 10.6 Å². The van der Waals surface area contributed by atoms with E-state index in [4.69, 9.17) is 16.3 Å². The van der Waals surface area contributed by atoms with E-state index in [1.807, 2.05) is 12.1 Å². The zero-order chi connectivity index (χ0) is 16.5. The van der Waals surface area contributed by atoms with E-state index in [-0.39, 0.29) is 24.0 Å². The average Bonchev–Trinajstić information content (AvgIpc) is 3.08. The summed E-state index contributed by atoms with van der Waals surface area (Å²) in [6, 6.07) is 8.46. The third kappa shape index (κ3) is 6.74. The van der Waals surface area contributed by atoms with Crippen molar-refractivity contribution in [3.8, 4) is 0 Å². The summed E-state index contributed by atoms with van der Waals surface area (Å²) in [4.78, 5) is 6.78. The Morgan fingerprint density at radius 1 is 1.33 bits per heavy atom. The highest BCUT2D eigenvalue weighted by Gasteiger charge is 2.23. The van der Waals surface area contributed by atoms with E-state index in [2.05, 4.69) is 32.7 Å². The lowest BCUT2D eigenvalue weighted by Gasteiger charge is -2.29. The molecule has 1 atom stereocenters. The molecule has 1 aromatic carbocycles. The quantitative estimate of drug-likeness (QED) is 0.281. The van der Waals surface area contributed by atoms with Crippen LogP contribution in [0.3, 0.4) is 0 Å². The Morgan fingerprint density at radius 2 is 2.08 bits per heavy atom. The van der Waals surface area contributed by atoms with E-state index in [1.165, 1.54) is 18.4 Å². The number of nitrogens with one attached hydrogen (secondary N) is 2. The number of halogens is 2. The molecule has 1 heterocycles. The van der Waals surface area contributed by atoms with Crippen LogP contribution in [0.2, 0.25) is 5.02 Å². The van der Waals surface area contributed by atoms with Gasteiger partial charge < -0.3 is 15.4 Å². The van der Waals surface area contributed by atoms with Gasteiger partial charge in [0, 0.05) is 32.3 Å². The van der Waals surface area contributed by atoms with Gasteiger partial charge in [0.2, 0.25) is 0 Å². The Labute approximate surface area is 167 Å². The van der Waals surface area contributed by atoms with Gasteiger partial charge in [0.15, 0.2) is 5.96 Å². The van der Waals surface area contributed by atoms with Gasteiger partial charge in [-0.2, -0.15) is 0 Å². The van der Waals surface area contributed by atoms with Gasteiger partial charge in [-0.05, 0) is 43.6 Å². The normalized spacial score (nSPS) is 16.5. The number of likely N-dealkylation sites (tertiary alicyclic amines) is 1. The number of hydrogen-bond acceptors (Lipinski definition) is 3. The molecule has 0 amide bonds. The zero-order valence-corrected chi connectivity index (χ0v) is 17.5. The van der Waals surface area contributed by atoms with Gasteiger partial charge in [0.25, 0.3) is 0 Å². The largest absolute Gasteiger partial charge is 0.383 e. The minimum absolute atomic E-state index is 0. The molecule has 7 heteroatoms. The number of methoxy groups -OCH3 is 1. The monoisotopic (exact) mass is 466 g/mol. The molecule has 0 spiro atoms. The second-order valence-electron chi connectivity index (χ2n) is 5.69. The maximum Gasteiger partial charge on any atom is 0.191 e. The Balaban J connectivity index is 0.00000288. The fourth-order valence-corrected chi connectivity index (χ4v) is 3.11. The molecule has 0 radical (unpaired) electrons. The maximum atomic E-state index is 6.18. The molecule has 1 saturated heterocycles. The molecule has 0 aromatic heterocycles. The van der Waals surface area contributed by atoms with E-state index in [0.29, 0.717) is 12.6 Å². The second-order valence-corrected chi connectivity index (χ2v) is 6.12. The molecule has 136 valence electrons. The third-order valence-corrected chi connectivity index (χ3v) is 4.34. The van der Waals surface area contributed by atoms with Gasteiger partial charge in [-0.15, -0.1) is 24.0 Å². The molecule has 2 rings (SSSR count). The van der Waals surface area contributed by atoms with E-state index in [0.717, 1.165) is 37.2 Å². The van der Waals surface area contributed by atoms with Crippen molar-refractivity contribution in [3.05, 3.63) is 34.9 Å². The highest BCUT2D eigenvalue weighted by molar-refractivity contribution is 14.0. The molecule has 1 aliphatic rings. The Hall–Kier alpha value is -0.570. The van der Waals surface area contributed by atoms with Gasteiger partial charge in [0.05, 0.1) is 12.6 Å². The SMILES string of the molecule is CN=C(NCCOC)NCC(c1cccc(Cl)c1)N1CCCC1.I. The average molecular weight is 467 g/mol. The number of hydrogen-bond donors (Lipinski definition) is 2. The van der Waals surface area contributed by atoms with Crippen molar-refractivity contribution in [1.82, 2.24) is 15.5 Å². The third-order valence-electron chi connectivity index (χ3n) is 4.10. The second kappa shape index (κ2) is 11.9. The summed E-state index contributed by atoms with van der Waals surface area (Å²) in [5.74, 6) is 0.799. The lowest BCUT2D eigenvalue weighted by Crippen LogP contribution is -2.43. The molecule has 1 fully saturated rings. The topological polar surface area (TPSA) is 48.9 Å². The number of benzene rings is 1. The molecule has 0 aliphatic carbocycles.